The molecule has 6 nitrogen and oxygen atoms in total. The third kappa shape index (κ3) is 4.89. The standard InChI is InChI=1S/C11H21N2O4/c1-11(2,3)17-10(15)13-8-4-7(5-8)9(14)6-12-16/h7-9,12,14H,4-6H2,1-3H3,(H,13,15)/q-1. The highest BCUT2D eigenvalue weighted by atomic mass is 16.6. The van der Waals surface area contributed by atoms with Gasteiger partial charge in [0, 0.05) is 12.6 Å². The zero-order valence-corrected chi connectivity index (χ0v) is 10.5. The molecule has 0 spiro atoms. The largest absolute Gasteiger partial charge is 0.788 e. The molecule has 17 heavy (non-hydrogen) atoms. The minimum atomic E-state index is -0.635. The minimum Gasteiger partial charge on any atom is -0.788 e. The lowest BCUT2D eigenvalue weighted by Gasteiger charge is -2.39. The Morgan fingerprint density at radius 3 is 2.59 bits per heavy atom. The third-order valence-electron chi connectivity index (χ3n) is 2.73. The molecule has 100 valence electrons. The quantitative estimate of drug-likeness (QED) is 0.635. The Bertz CT molecular complexity index is 259. The number of amides is 1. The molecule has 1 saturated carbocycles. The van der Waals surface area contributed by atoms with E-state index in [4.69, 9.17) is 4.74 Å². The molecular weight excluding hydrogens is 224 g/mol. The van der Waals surface area contributed by atoms with Gasteiger partial charge in [-0.25, -0.2) is 4.79 Å². The van der Waals surface area contributed by atoms with E-state index >= 15 is 0 Å². The molecule has 0 aromatic carbocycles. The van der Waals surface area contributed by atoms with Crippen molar-refractivity contribution in [2.45, 2.75) is 51.4 Å². The molecule has 1 fully saturated rings. The van der Waals surface area contributed by atoms with E-state index in [-0.39, 0.29) is 18.5 Å². The van der Waals surface area contributed by atoms with E-state index < -0.39 is 17.8 Å². The maximum atomic E-state index is 11.4. The van der Waals surface area contributed by atoms with Gasteiger partial charge in [0.2, 0.25) is 0 Å². The van der Waals surface area contributed by atoms with Crippen molar-refractivity contribution in [2.24, 2.45) is 5.92 Å². The van der Waals surface area contributed by atoms with Crippen LogP contribution < -0.4 is 10.8 Å². The second-order valence-electron chi connectivity index (χ2n) is 5.49. The summed E-state index contributed by atoms with van der Waals surface area (Å²) in [5.41, 5.74) is 1.19. The molecular formula is C11H21N2O4-. The first-order chi connectivity index (χ1) is 7.81. The Hall–Kier alpha value is -0.850. The summed E-state index contributed by atoms with van der Waals surface area (Å²) < 4.78 is 5.11. The second-order valence-corrected chi connectivity index (χ2v) is 5.49. The van der Waals surface area contributed by atoms with Crippen molar-refractivity contribution in [3.8, 4) is 0 Å². The van der Waals surface area contributed by atoms with Gasteiger partial charge in [-0.05, 0) is 39.5 Å². The molecule has 1 aliphatic rings. The first kappa shape index (κ1) is 14.2. The predicted molar refractivity (Wildman–Crippen MR) is 63.3 cm³/mol. The normalized spacial score (nSPS) is 25.9. The number of hydrogen-bond donors (Lipinski definition) is 3. The van der Waals surface area contributed by atoms with Crippen molar-refractivity contribution in [3.05, 3.63) is 5.21 Å². The number of aliphatic hydroxyl groups excluding tert-OH is 1. The highest BCUT2D eigenvalue weighted by Crippen LogP contribution is 2.30. The predicted octanol–water partition coefficient (Wildman–Crippen LogP) is 0.738. The molecule has 1 unspecified atom stereocenters. The fourth-order valence-corrected chi connectivity index (χ4v) is 1.82. The highest BCUT2D eigenvalue weighted by Gasteiger charge is 2.35. The summed E-state index contributed by atoms with van der Waals surface area (Å²) in [5.74, 6) is 0.0800. The van der Waals surface area contributed by atoms with Gasteiger partial charge in [-0.2, -0.15) is 0 Å². The molecule has 1 atom stereocenters. The summed E-state index contributed by atoms with van der Waals surface area (Å²) in [5, 5.41) is 22.3. The van der Waals surface area contributed by atoms with E-state index in [0.29, 0.717) is 12.8 Å². The van der Waals surface area contributed by atoms with E-state index in [2.05, 4.69) is 5.32 Å². The van der Waals surface area contributed by atoms with Gasteiger partial charge in [0.05, 0.1) is 6.10 Å². The van der Waals surface area contributed by atoms with Gasteiger partial charge in [0.15, 0.2) is 0 Å². The van der Waals surface area contributed by atoms with Crippen LogP contribution in [-0.4, -0.2) is 35.5 Å². The summed E-state index contributed by atoms with van der Waals surface area (Å²) in [6, 6.07) is 0.0381. The SMILES string of the molecule is CC(C)(C)OC(=O)NC1CC(C(O)CN[O-])C1. The molecule has 3 N–H and O–H groups in total. The second kappa shape index (κ2) is 5.66. The van der Waals surface area contributed by atoms with Crippen LogP contribution in [0.2, 0.25) is 0 Å². The zero-order chi connectivity index (χ0) is 13.1. The molecule has 0 aliphatic heterocycles. The van der Waals surface area contributed by atoms with Gasteiger partial charge in [0.1, 0.15) is 5.60 Å². The molecule has 0 heterocycles. The summed E-state index contributed by atoms with van der Waals surface area (Å²) in [7, 11) is 0. The molecule has 1 amide bonds. The zero-order valence-electron chi connectivity index (χ0n) is 10.5. The van der Waals surface area contributed by atoms with Crippen LogP contribution in [0.5, 0.6) is 0 Å². The summed E-state index contributed by atoms with van der Waals surface area (Å²) >= 11 is 0. The fraction of sp³-hybridized carbons (Fsp3) is 0.909. The molecule has 1 rings (SSSR count). The first-order valence-electron chi connectivity index (χ1n) is 5.84. The van der Waals surface area contributed by atoms with Crippen molar-refractivity contribution >= 4 is 6.09 Å². The van der Waals surface area contributed by atoms with Crippen LogP contribution in [0, 0.1) is 11.1 Å². The van der Waals surface area contributed by atoms with Gasteiger partial charge in [-0.1, -0.05) is 0 Å². The van der Waals surface area contributed by atoms with E-state index in [1.165, 1.54) is 0 Å². The first-order valence-corrected chi connectivity index (χ1v) is 5.84. The maximum absolute atomic E-state index is 11.4. The van der Waals surface area contributed by atoms with Gasteiger partial charge in [-0.15, -0.1) is 0 Å². The van der Waals surface area contributed by atoms with Gasteiger partial charge < -0.3 is 25.8 Å². The molecule has 6 heteroatoms. The Labute approximate surface area is 101 Å². The van der Waals surface area contributed by atoms with Gasteiger partial charge >= 0.3 is 6.09 Å². The average Bonchev–Trinajstić information content (AvgIpc) is 2.07. The third-order valence-corrected chi connectivity index (χ3v) is 2.73. The van der Waals surface area contributed by atoms with E-state index in [1.807, 2.05) is 0 Å². The molecule has 0 aromatic heterocycles. The number of alkyl carbamates (subject to hydrolysis) is 1. The highest BCUT2D eigenvalue weighted by molar-refractivity contribution is 5.68. The minimum absolute atomic E-state index is 0.0381. The maximum Gasteiger partial charge on any atom is 0.407 e. The molecule has 1 aliphatic carbocycles. The van der Waals surface area contributed by atoms with Crippen LogP contribution in [0.1, 0.15) is 33.6 Å². The Morgan fingerprint density at radius 1 is 1.53 bits per heavy atom. The molecule has 0 bridgehead atoms. The number of ether oxygens (including phenoxy) is 1. The number of nitrogens with one attached hydrogen (secondary N) is 2. The number of hydrogen-bond acceptors (Lipinski definition) is 5. The lowest BCUT2D eigenvalue weighted by atomic mass is 9.77. The van der Waals surface area contributed by atoms with E-state index in [9.17, 15) is 15.1 Å². The average molecular weight is 245 g/mol. The van der Waals surface area contributed by atoms with Crippen molar-refractivity contribution < 1.29 is 14.6 Å². The van der Waals surface area contributed by atoms with Crippen LogP contribution >= 0.6 is 0 Å². The Morgan fingerprint density at radius 2 is 2.12 bits per heavy atom. The monoisotopic (exact) mass is 245 g/mol. The van der Waals surface area contributed by atoms with Crippen LogP contribution in [0.4, 0.5) is 4.79 Å². The number of hydroxylamine groups is 1. The van der Waals surface area contributed by atoms with E-state index in [0.717, 1.165) is 0 Å². The molecule has 0 saturated heterocycles. The van der Waals surface area contributed by atoms with Crippen LogP contribution in [0.3, 0.4) is 0 Å². The number of carbonyl (C=O) groups is 1. The van der Waals surface area contributed by atoms with Crippen molar-refractivity contribution in [1.29, 1.82) is 0 Å². The van der Waals surface area contributed by atoms with Crippen molar-refractivity contribution in [2.75, 3.05) is 6.54 Å². The van der Waals surface area contributed by atoms with Crippen LogP contribution in [-0.2, 0) is 4.74 Å². The smallest absolute Gasteiger partial charge is 0.407 e. The van der Waals surface area contributed by atoms with Gasteiger partial charge in [-0.3, -0.25) is 0 Å². The Balaban J connectivity index is 2.19. The number of rotatable bonds is 4. The number of carbonyl (C=O) groups excluding carboxylic acids is 1. The summed E-state index contributed by atoms with van der Waals surface area (Å²) in [6.07, 6.45) is 0.297. The molecule has 0 aromatic rings. The summed E-state index contributed by atoms with van der Waals surface area (Å²) in [4.78, 5) is 11.4. The lowest BCUT2D eigenvalue weighted by molar-refractivity contribution is 0.0249. The summed E-state index contributed by atoms with van der Waals surface area (Å²) in [6.45, 7) is 5.46. The van der Waals surface area contributed by atoms with Crippen LogP contribution in [0.25, 0.3) is 0 Å². The number of aliphatic hydroxyl groups is 1. The molecule has 0 radical (unpaired) electrons. The Kier molecular flexibility index (Phi) is 4.73. The van der Waals surface area contributed by atoms with E-state index in [1.54, 1.807) is 26.3 Å². The topological polar surface area (TPSA) is 93.7 Å². The van der Waals surface area contributed by atoms with Crippen molar-refractivity contribution in [1.82, 2.24) is 10.8 Å². The van der Waals surface area contributed by atoms with Gasteiger partial charge in [0.25, 0.3) is 0 Å². The van der Waals surface area contributed by atoms with Crippen LogP contribution in [0.15, 0.2) is 0 Å². The lowest BCUT2D eigenvalue weighted by Crippen LogP contribution is -2.50. The van der Waals surface area contributed by atoms with Crippen molar-refractivity contribution in [3.63, 3.8) is 0 Å². The fourth-order valence-electron chi connectivity index (χ4n) is 1.82.